The lowest BCUT2D eigenvalue weighted by atomic mass is 10.1. The van der Waals surface area contributed by atoms with Crippen molar-refractivity contribution in [1.82, 2.24) is 15.3 Å². The van der Waals surface area contributed by atoms with Crippen LogP contribution in [0.3, 0.4) is 0 Å². The van der Waals surface area contributed by atoms with E-state index in [4.69, 9.17) is 5.14 Å². The Hall–Kier alpha value is -2.01. The van der Waals surface area contributed by atoms with Gasteiger partial charge in [0.1, 0.15) is 15.7 Å². The number of carbonyl (C=O) groups is 1. The Balaban J connectivity index is 1.53. The van der Waals surface area contributed by atoms with Gasteiger partial charge in [0, 0.05) is 16.8 Å². The van der Waals surface area contributed by atoms with Crippen molar-refractivity contribution in [1.29, 1.82) is 0 Å². The van der Waals surface area contributed by atoms with E-state index in [1.165, 1.54) is 28.8 Å². The molecule has 0 radical (unpaired) electrons. The zero-order chi connectivity index (χ0) is 21.0. The van der Waals surface area contributed by atoms with Crippen LogP contribution in [0.4, 0.5) is 0 Å². The summed E-state index contributed by atoms with van der Waals surface area (Å²) in [6.07, 6.45) is 1.55. The minimum atomic E-state index is -3.69. The Labute approximate surface area is 178 Å². The molecule has 0 spiro atoms. The molecule has 0 saturated heterocycles. The number of aryl methyl sites for hydroxylation is 2. The number of hydrogen-bond acceptors (Lipinski definition) is 7. The van der Waals surface area contributed by atoms with Crippen LogP contribution in [-0.2, 0) is 27.7 Å². The summed E-state index contributed by atoms with van der Waals surface area (Å²) in [6.45, 7) is 4.43. The van der Waals surface area contributed by atoms with Crippen LogP contribution in [0.15, 0.2) is 40.3 Å². The van der Waals surface area contributed by atoms with E-state index < -0.39 is 10.0 Å². The lowest BCUT2D eigenvalue weighted by molar-refractivity contribution is -0.118. The molecule has 0 saturated carbocycles. The number of nitrogens with two attached hydrogens (primary N) is 1. The molecule has 3 rings (SSSR count). The van der Waals surface area contributed by atoms with Crippen LogP contribution >= 0.6 is 23.1 Å². The Morgan fingerprint density at radius 3 is 2.62 bits per heavy atom. The Morgan fingerprint density at radius 2 is 1.97 bits per heavy atom. The maximum absolute atomic E-state index is 12.2. The number of benzene rings is 1. The third-order valence-electron chi connectivity index (χ3n) is 4.20. The van der Waals surface area contributed by atoms with Crippen molar-refractivity contribution < 1.29 is 13.2 Å². The molecule has 3 aromatic rings. The van der Waals surface area contributed by atoms with Gasteiger partial charge in [-0.25, -0.2) is 23.5 Å². The van der Waals surface area contributed by atoms with Gasteiger partial charge in [-0.1, -0.05) is 30.8 Å². The highest BCUT2D eigenvalue weighted by molar-refractivity contribution is 8.00. The second-order valence-electron chi connectivity index (χ2n) is 6.44. The quantitative estimate of drug-likeness (QED) is 0.403. The predicted octanol–water partition coefficient (Wildman–Crippen LogP) is 2.66. The molecule has 2 aromatic heterocycles. The first kappa shape index (κ1) is 21.7. The maximum Gasteiger partial charge on any atom is 0.238 e. The third kappa shape index (κ3) is 5.75. The van der Waals surface area contributed by atoms with E-state index in [2.05, 4.69) is 28.3 Å². The standard InChI is InChI=1S/C19H22N4O3S3/c1-3-14-10-16-18(22-12(2)23-19(16)28-14)27-11-17(24)21-9-8-13-4-6-15(7-5-13)29(20,25)26/h4-7,10H,3,8-9,11H2,1-2H3,(H,21,24)(H2,20,25,26). The second-order valence-corrected chi connectivity index (χ2v) is 10.1. The van der Waals surface area contributed by atoms with Crippen LogP contribution in [0.1, 0.15) is 23.2 Å². The van der Waals surface area contributed by atoms with E-state index in [1.807, 2.05) is 6.92 Å². The van der Waals surface area contributed by atoms with E-state index in [0.29, 0.717) is 18.8 Å². The molecule has 7 nitrogen and oxygen atoms in total. The van der Waals surface area contributed by atoms with Crippen LogP contribution in [0.2, 0.25) is 0 Å². The van der Waals surface area contributed by atoms with Crippen LogP contribution in [0.25, 0.3) is 10.2 Å². The number of hydrogen-bond donors (Lipinski definition) is 2. The fourth-order valence-electron chi connectivity index (χ4n) is 2.71. The maximum atomic E-state index is 12.2. The lowest BCUT2D eigenvalue weighted by Crippen LogP contribution is -2.27. The molecule has 29 heavy (non-hydrogen) atoms. The summed E-state index contributed by atoms with van der Waals surface area (Å²) >= 11 is 3.07. The first-order valence-electron chi connectivity index (χ1n) is 9.04. The van der Waals surface area contributed by atoms with Crippen molar-refractivity contribution in [2.24, 2.45) is 5.14 Å². The highest BCUT2D eigenvalue weighted by Gasteiger charge is 2.12. The number of thioether (sulfide) groups is 1. The average molecular weight is 451 g/mol. The largest absolute Gasteiger partial charge is 0.355 e. The molecular formula is C19H22N4O3S3. The van der Waals surface area contributed by atoms with Crippen molar-refractivity contribution in [3.63, 3.8) is 0 Å². The van der Waals surface area contributed by atoms with E-state index in [-0.39, 0.29) is 16.6 Å². The van der Waals surface area contributed by atoms with Crippen LogP contribution in [0.5, 0.6) is 0 Å². The molecule has 0 unspecified atom stereocenters. The van der Waals surface area contributed by atoms with Gasteiger partial charge in [0.15, 0.2) is 0 Å². The number of amides is 1. The molecule has 2 heterocycles. The van der Waals surface area contributed by atoms with Gasteiger partial charge in [-0.15, -0.1) is 11.3 Å². The van der Waals surface area contributed by atoms with Gasteiger partial charge in [-0.05, 0) is 43.5 Å². The minimum Gasteiger partial charge on any atom is -0.355 e. The summed E-state index contributed by atoms with van der Waals surface area (Å²) < 4.78 is 22.5. The van der Waals surface area contributed by atoms with Gasteiger partial charge in [0.25, 0.3) is 0 Å². The van der Waals surface area contributed by atoms with Crippen LogP contribution in [0, 0.1) is 6.92 Å². The fraction of sp³-hybridized carbons (Fsp3) is 0.316. The molecule has 0 fully saturated rings. The van der Waals surface area contributed by atoms with E-state index in [0.717, 1.165) is 27.2 Å². The van der Waals surface area contributed by atoms with Crippen molar-refractivity contribution in [3.8, 4) is 0 Å². The summed E-state index contributed by atoms with van der Waals surface area (Å²) in [7, 11) is -3.69. The zero-order valence-corrected chi connectivity index (χ0v) is 18.6. The number of primary sulfonamides is 1. The summed E-state index contributed by atoms with van der Waals surface area (Å²) in [4.78, 5) is 23.5. The summed E-state index contributed by atoms with van der Waals surface area (Å²) in [5, 5.41) is 9.80. The summed E-state index contributed by atoms with van der Waals surface area (Å²) in [5.74, 6) is 0.895. The number of sulfonamides is 1. The first-order chi connectivity index (χ1) is 13.8. The van der Waals surface area contributed by atoms with Crippen molar-refractivity contribution in [2.45, 2.75) is 36.6 Å². The normalized spacial score (nSPS) is 11.7. The number of nitrogens with zero attached hydrogens (tertiary/aromatic N) is 2. The molecule has 0 aliphatic carbocycles. The molecule has 10 heteroatoms. The topological polar surface area (TPSA) is 115 Å². The zero-order valence-electron chi connectivity index (χ0n) is 16.1. The predicted molar refractivity (Wildman–Crippen MR) is 117 cm³/mol. The molecule has 3 N–H and O–H groups in total. The SMILES string of the molecule is CCc1cc2c(SCC(=O)NCCc3ccc(S(N)(=O)=O)cc3)nc(C)nc2s1. The first-order valence-corrected chi connectivity index (χ1v) is 12.4. The van der Waals surface area contributed by atoms with Crippen molar-refractivity contribution in [2.75, 3.05) is 12.3 Å². The van der Waals surface area contributed by atoms with Gasteiger partial charge in [-0.3, -0.25) is 4.79 Å². The fourth-order valence-corrected chi connectivity index (χ4v) is 5.18. The number of nitrogens with one attached hydrogen (secondary N) is 1. The van der Waals surface area contributed by atoms with Crippen LogP contribution in [-0.4, -0.2) is 36.6 Å². The molecular weight excluding hydrogens is 428 g/mol. The summed E-state index contributed by atoms with van der Waals surface area (Å²) in [5.41, 5.74) is 0.920. The lowest BCUT2D eigenvalue weighted by Gasteiger charge is -2.07. The van der Waals surface area contributed by atoms with E-state index in [1.54, 1.807) is 23.5 Å². The third-order valence-corrected chi connectivity index (χ3v) is 7.29. The van der Waals surface area contributed by atoms with Crippen molar-refractivity contribution >= 4 is 49.2 Å². The van der Waals surface area contributed by atoms with Gasteiger partial charge >= 0.3 is 0 Å². The van der Waals surface area contributed by atoms with Crippen LogP contribution < -0.4 is 10.5 Å². The molecule has 1 amide bonds. The molecule has 0 aliphatic rings. The molecule has 0 bridgehead atoms. The smallest absolute Gasteiger partial charge is 0.238 e. The summed E-state index contributed by atoms with van der Waals surface area (Å²) in [6, 6.07) is 8.43. The number of aromatic nitrogens is 2. The molecule has 0 aliphatic heterocycles. The Morgan fingerprint density at radius 1 is 1.24 bits per heavy atom. The number of rotatable bonds is 8. The van der Waals surface area contributed by atoms with E-state index >= 15 is 0 Å². The van der Waals surface area contributed by atoms with Gasteiger partial charge < -0.3 is 5.32 Å². The van der Waals surface area contributed by atoms with Gasteiger partial charge in [0.2, 0.25) is 15.9 Å². The van der Waals surface area contributed by atoms with E-state index in [9.17, 15) is 13.2 Å². The van der Waals surface area contributed by atoms with Gasteiger partial charge in [-0.2, -0.15) is 0 Å². The monoisotopic (exact) mass is 450 g/mol. The number of carbonyl (C=O) groups excluding carboxylic acids is 1. The van der Waals surface area contributed by atoms with Crippen molar-refractivity contribution in [3.05, 3.63) is 46.6 Å². The Kier molecular flexibility index (Phi) is 6.89. The van der Waals surface area contributed by atoms with Gasteiger partial charge in [0.05, 0.1) is 10.6 Å². The minimum absolute atomic E-state index is 0.0767. The average Bonchev–Trinajstić information content (AvgIpc) is 3.09. The molecule has 154 valence electrons. The Bertz CT molecular complexity index is 1130. The number of thiophene rings is 1. The molecule has 1 aromatic carbocycles. The highest BCUT2D eigenvalue weighted by Crippen LogP contribution is 2.31. The highest BCUT2D eigenvalue weighted by atomic mass is 32.2. The second kappa shape index (κ2) is 9.21. The number of fused-ring (bicyclic) bond motifs is 1. The molecule has 0 atom stereocenters.